The highest BCUT2D eigenvalue weighted by Gasteiger charge is 2.08. The van der Waals surface area contributed by atoms with Gasteiger partial charge in [0.1, 0.15) is 11.6 Å². The molecule has 0 saturated heterocycles. The van der Waals surface area contributed by atoms with Crippen LogP contribution in [0.4, 0.5) is 27.5 Å². The lowest BCUT2D eigenvalue weighted by Crippen LogP contribution is -2.05. The first-order valence-electron chi connectivity index (χ1n) is 8.29. The van der Waals surface area contributed by atoms with E-state index in [0.717, 1.165) is 29.1 Å². The van der Waals surface area contributed by atoms with Crippen LogP contribution in [0.5, 0.6) is 0 Å². The molecule has 0 saturated carbocycles. The number of benzene rings is 2. The minimum atomic E-state index is -0.265. The number of hydrogen-bond donors (Lipinski definition) is 2. The van der Waals surface area contributed by atoms with E-state index in [-0.39, 0.29) is 5.82 Å². The predicted molar refractivity (Wildman–Crippen MR) is 100 cm³/mol. The predicted octanol–water partition coefficient (Wildman–Crippen LogP) is 5.28. The van der Waals surface area contributed by atoms with Gasteiger partial charge in [-0.1, -0.05) is 25.1 Å². The summed E-state index contributed by atoms with van der Waals surface area (Å²) < 4.78 is 13.0. The van der Waals surface area contributed by atoms with Crippen LogP contribution in [0.1, 0.15) is 23.7 Å². The number of nitrogens with one attached hydrogen (secondary N) is 2. The Morgan fingerprint density at radius 2 is 1.72 bits per heavy atom. The molecule has 0 amide bonds. The Labute approximate surface area is 147 Å². The van der Waals surface area contributed by atoms with E-state index in [9.17, 15) is 4.39 Å². The summed E-state index contributed by atoms with van der Waals surface area (Å²) in [5.41, 5.74) is 5.03. The second-order valence-electron chi connectivity index (χ2n) is 5.94. The van der Waals surface area contributed by atoms with Crippen LogP contribution in [0, 0.1) is 19.7 Å². The molecular weight excluding hydrogens is 315 g/mol. The van der Waals surface area contributed by atoms with Gasteiger partial charge in [0.2, 0.25) is 5.95 Å². The zero-order valence-corrected chi connectivity index (χ0v) is 14.6. The smallest absolute Gasteiger partial charge is 0.229 e. The van der Waals surface area contributed by atoms with Crippen LogP contribution in [0.25, 0.3) is 0 Å². The molecule has 0 bridgehead atoms. The van der Waals surface area contributed by atoms with E-state index in [0.29, 0.717) is 11.8 Å². The highest BCUT2D eigenvalue weighted by Crippen LogP contribution is 2.25. The first-order chi connectivity index (χ1) is 12.0. The third kappa shape index (κ3) is 4.12. The lowest BCUT2D eigenvalue weighted by atomic mass is 10.1. The molecule has 0 atom stereocenters. The monoisotopic (exact) mass is 336 g/mol. The number of halogens is 1. The zero-order valence-electron chi connectivity index (χ0n) is 14.6. The molecule has 3 rings (SSSR count). The SMILES string of the molecule is CCc1cccc(C)c1Nc1nc(C)cc(Nc2ccc(F)cc2)n1. The summed E-state index contributed by atoms with van der Waals surface area (Å²) in [7, 11) is 0. The average Bonchev–Trinajstić information content (AvgIpc) is 2.58. The van der Waals surface area contributed by atoms with Crippen molar-refractivity contribution in [3.8, 4) is 0 Å². The van der Waals surface area contributed by atoms with Gasteiger partial charge in [-0.2, -0.15) is 4.98 Å². The van der Waals surface area contributed by atoms with Crippen molar-refractivity contribution in [1.82, 2.24) is 9.97 Å². The summed E-state index contributed by atoms with van der Waals surface area (Å²) in [6.45, 7) is 6.11. The number of hydrogen-bond acceptors (Lipinski definition) is 4. The fourth-order valence-corrected chi connectivity index (χ4v) is 2.68. The van der Waals surface area contributed by atoms with Gasteiger partial charge in [-0.3, -0.25) is 0 Å². The van der Waals surface area contributed by atoms with Gasteiger partial charge in [0.25, 0.3) is 0 Å². The largest absolute Gasteiger partial charge is 0.340 e. The molecule has 0 aliphatic heterocycles. The Kier molecular flexibility index (Phi) is 4.93. The first kappa shape index (κ1) is 16.9. The zero-order chi connectivity index (χ0) is 17.8. The number of aromatic nitrogens is 2. The van der Waals surface area contributed by atoms with Gasteiger partial charge >= 0.3 is 0 Å². The third-order valence-electron chi connectivity index (χ3n) is 3.95. The Hall–Kier alpha value is -2.95. The third-order valence-corrected chi connectivity index (χ3v) is 3.95. The van der Waals surface area contributed by atoms with E-state index in [2.05, 4.69) is 52.6 Å². The molecule has 0 aliphatic carbocycles. The molecule has 3 aromatic rings. The first-order valence-corrected chi connectivity index (χ1v) is 8.29. The molecule has 5 heteroatoms. The maximum absolute atomic E-state index is 13.0. The molecule has 0 unspecified atom stereocenters. The molecule has 0 aliphatic rings. The lowest BCUT2D eigenvalue weighted by molar-refractivity contribution is 0.628. The number of para-hydroxylation sites is 1. The molecule has 1 heterocycles. The molecular formula is C20H21FN4. The Balaban J connectivity index is 1.88. The molecule has 1 aromatic heterocycles. The molecule has 0 spiro atoms. The fraction of sp³-hybridized carbons (Fsp3) is 0.200. The van der Waals surface area contributed by atoms with Gasteiger partial charge in [0.15, 0.2) is 0 Å². The molecule has 128 valence electrons. The normalized spacial score (nSPS) is 10.6. The Morgan fingerprint density at radius 3 is 2.44 bits per heavy atom. The highest BCUT2D eigenvalue weighted by atomic mass is 19.1. The summed E-state index contributed by atoms with van der Waals surface area (Å²) in [6, 6.07) is 14.3. The van der Waals surface area contributed by atoms with Crippen LogP contribution in [0.3, 0.4) is 0 Å². The summed E-state index contributed by atoms with van der Waals surface area (Å²) in [6.07, 6.45) is 0.927. The topological polar surface area (TPSA) is 49.8 Å². The van der Waals surface area contributed by atoms with Crippen molar-refractivity contribution in [3.63, 3.8) is 0 Å². The quantitative estimate of drug-likeness (QED) is 0.665. The van der Waals surface area contributed by atoms with Crippen LogP contribution in [0.15, 0.2) is 48.5 Å². The van der Waals surface area contributed by atoms with E-state index in [4.69, 9.17) is 0 Å². The van der Waals surface area contributed by atoms with Crippen molar-refractivity contribution in [2.45, 2.75) is 27.2 Å². The van der Waals surface area contributed by atoms with E-state index in [1.165, 1.54) is 17.7 Å². The van der Waals surface area contributed by atoms with Gasteiger partial charge in [-0.05, 0) is 55.7 Å². The van der Waals surface area contributed by atoms with Crippen LogP contribution in [-0.4, -0.2) is 9.97 Å². The maximum atomic E-state index is 13.0. The number of anilines is 4. The summed E-state index contributed by atoms with van der Waals surface area (Å²) >= 11 is 0. The molecule has 0 radical (unpaired) electrons. The van der Waals surface area contributed by atoms with Gasteiger partial charge in [0.05, 0.1) is 0 Å². The second-order valence-corrected chi connectivity index (χ2v) is 5.94. The van der Waals surface area contributed by atoms with Gasteiger partial charge in [-0.25, -0.2) is 9.37 Å². The molecule has 2 N–H and O–H groups in total. The van der Waals surface area contributed by atoms with Crippen molar-refractivity contribution in [1.29, 1.82) is 0 Å². The minimum Gasteiger partial charge on any atom is -0.340 e. The molecule has 0 fully saturated rings. The lowest BCUT2D eigenvalue weighted by Gasteiger charge is -2.14. The standard InChI is InChI=1S/C20H21FN4/c1-4-15-7-5-6-13(2)19(15)25-20-22-14(3)12-18(24-20)23-17-10-8-16(21)9-11-17/h5-12H,4H2,1-3H3,(H2,22,23,24,25). The van der Waals surface area contributed by atoms with Crippen LogP contribution < -0.4 is 10.6 Å². The van der Waals surface area contributed by atoms with Crippen molar-refractivity contribution < 1.29 is 4.39 Å². The van der Waals surface area contributed by atoms with E-state index < -0.39 is 0 Å². The van der Waals surface area contributed by atoms with Crippen LogP contribution in [-0.2, 0) is 6.42 Å². The average molecular weight is 336 g/mol. The van der Waals surface area contributed by atoms with Gasteiger partial charge in [-0.15, -0.1) is 0 Å². The minimum absolute atomic E-state index is 0.265. The van der Waals surface area contributed by atoms with E-state index in [1.807, 2.05) is 13.0 Å². The van der Waals surface area contributed by atoms with Gasteiger partial charge < -0.3 is 10.6 Å². The Bertz CT molecular complexity index is 875. The summed E-state index contributed by atoms with van der Waals surface area (Å²) in [4.78, 5) is 9.02. The van der Waals surface area contributed by atoms with E-state index >= 15 is 0 Å². The summed E-state index contributed by atoms with van der Waals surface area (Å²) in [5, 5.41) is 6.53. The van der Waals surface area contributed by atoms with Crippen molar-refractivity contribution in [3.05, 3.63) is 71.2 Å². The number of nitrogens with zero attached hydrogens (tertiary/aromatic N) is 2. The number of aryl methyl sites for hydroxylation is 3. The van der Waals surface area contributed by atoms with Crippen molar-refractivity contribution in [2.75, 3.05) is 10.6 Å². The second kappa shape index (κ2) is 7.30. The van der Waals surface area contributed by atoms with Crippen LogP contribution in [0.2, 0.25) is 0 Å². The molecule has 25 heavy (non-hydrogen) atoms. The van der Waals surface area contributed by atoms with Crippen molar-refractivity contribution in [2.24, 2.45) is 0 Å². The van der Waals surface area contributed by atoms with Crippen LogP contribution >= 0.6 is 0 Å². The fourth-order valence-electron chi connectivity index (χ4n) is 2.68. The molecule has 4 nitrogen and oxygen atoms in total. The maximum Gasteiger partial charge on any atom is 0.229 e. The Morgan fingerprint density at radius 1 is 0.960 bits per heavy atom. The summed E-state index contributed by atoms with van der Waals surface area (Å²) in [5.74, 6) is 0.931. The highest BCUT2D eigenvalue weighted by molar-refractivity contribution is 5.65. The van der Waals surface area contributed by atoms with Gasteiger partial charge in [0, 0.05) is 23.1 Å². The molecule has 2 aromatic carbocycles. The van der Waals surface area contributed by atoms with Crippen molar-refractivity contribution >= 4 is 23.1 Å². The van der Waals surface area contributed by atoms with E-state index in [1.54, 1.807) is 12.1 Å². The number of rotatable bonds is 5.